The standard InChI is InChI=1S/C11H10O3/c12-10(7-4-2-1-3-5-7)8-6-9(8)11(13)14/h1-5,8-9H,6H2,(H,13,14)/p-1. The van der Waals surface area contributed by atoms with Gasteiger partial charge in [0.05, 0.1) is 0 Å². The third-order valence-electron chi connectivity index (χ3n) is 2.49. The van der Waals surface area contributed by atoms with E-state index in [2.05, 4.69) is 0 Å². The van der Waals surface area contributed by atoms with Crippen LogP contribution in [-0.2, 0) is 4.79 Å². The molecule has 0 amide bonds. The molecule has 1 aliphatic rings. The highest BCUT2D eigenvalue weighted by molar-refractivity contribution is 6.02. The van der Waals surface area contributed by atoms with E-state index in [1.807, 2.05) is 6.07 Å². The van der Waals surface area contributed by atoms with Gasteiger partial charge >= 0.3 is 0 Å². The van der Waals surface area contributed by atoms with Gasteiger partial charge in [-0.3, -0.25) is 4.79 Å². The van der Waals surface area contributed by atoms with Gasteiger partial charge in [0.1, 0.15) is 0 Å². The topological polar surface area (TPSA) is 57.2 Å². The van der Waals surface area contributed by atoms with Crippen LogP contribution in [0.5, 0.6) is 0 Å². The van der Waals surface area contributed by atoms with Gasteiger partial charge in [0, 0.05) is 23.4 Å². The second kappa shape index (κ2) is 3.25. The van der Waals surface area contributed by atoms with Gasteiger partial charge in [-0.25, -0.2) is 0 Å². The van der Waals surface area contributed by atoms with Crippen LogP contribution >= 0.6 is 0 Å². The maximum atomic E-state index is 11.6. The molecule has 1 aromatic rings. The van der Waals surface area contributed by atoms with Gasteiger partial charge in [0.15, 0.2) is 5.78 Å². The number of benzene rings is 1. The van der Waals surface area contributed by atoms with Crippen molar-refractivity contribution < 1.29 is 14.7 Å². The van der Waals surface area contributed by atoms with Crippen molar-refractivity contribution in [3.63, 3.8) is 0 Å². The summed E-state index contributed by atoms with van der Waals surface area (Å²) in [6.45, 7) is 0. The summed E-state index contributed by atoms with van der Waals surface area (Å²) in [5.74, 6) is -2.12. The molecular weight excluding hydrogens is 180 g/mol. The van der Waals surface area contributed by atoms with E-state index < -0.39 is 11.9 Å². The summed E-state index contributed by atoms with van der Waals surface area (Å²) in [6, 6.07) is 8.76. The molecule has 0 saturated heterocycles. The molecule has 0 aromatic heterocycles. The van der Waals surface area contributed by atoms with Crippen molar-refractivity contribution in [1.29, 1.82) is 0 Å². The third-order valence-corrected chi connectivity index (χ3v) is 2.49. The number of hydrogen-bond acceptors (Lipinski definition) is 3. The quantitative estimate of drug-likeness (QED) is 0.640. The van der Waals surface area contributed by atoms with Crippen LogP contribution in [-0.4, -0.2) is 11.8 Å². The van der Waals surface area contributed by atoms with E-state index in [0.717, 1.165) is 0 Å². The average molecular weight is 189 g/mol. The predicted octanol–water partition coefficient (Wildman–Crippen LogP) is 0.255. The Balaban J connectivity index is 2.09. The zero-order valence-corrected chi connectivity index (χ0v) is 7.47. The van der Waals surface area contributed by atoms with Crippen molar-refractivity contribution in [3.8, 4) is 0 Å². The molecule has 0 aliphatic heterocycles. The molecule has 0 heterocycles. The number of carboxylic acids is 1. The van der Waals surface area contributed by atoms with E-state index >= 15 is 0 Å². The minimum absolute atomic E-state index is 0.0835. The molecule has 3 heteroatoms. The Kier molecular flexibility index (Phi) is 2.08. The van der Waals surface area contributed by atoms with E-state index in [-0.39, 0.29) is 11.7 Å². The molecule has 3 nitrogen and oxygen atoms in total. The minimum atomic E-state index is -1.11. The zero-order valence-electron chi connectivity index (χ0n) is 7.47. The Morgan fingerprint density at radius 1 is 1.14 bits per heavy atom. The van der Waals surface area contributed by atoms with Gasteiger partial charge in [-0.2, -0.15) is 0 Å². The lowest BCUT2D eigenvalue weighted by molar-refractivity contribution is -0.308. The molecule has 14 heavy (non-hydrogen) atoms. The molecule has 1 saturated carbocycles. The summed E-state index contributed by atoms with van der Waals surface area (Å²) in [7, 11) is 0. The van der Waals surface area contributed by atoms with Crippen LogP contribution in [0.2, 0.25) is 0 Å². The zero-order chi connectivity index (χ0) is 10.1. The lowest BCUT2D eigenvalue weighted by Gasteiger charge is -2.00. The van der Waals surface area contributed by atoms with Crippen molar-refractivity contribution in [2.45, 2.75) is 6.42 Å². The largest absolute Gasteiger partial charge is 0.550 e. The van der Waals surface area contributed by atoms with Crippen molar-refractivity contribution in [2.75, 3.05) is 0 Å². The first-order chi connectivity index (χ1) is 6.70. The monoisotopic (exact) mass is 189 g/mol. The summed E-state index contributed by atoms with van der Waals surface area (Å²) in [5, 5.41) is 10.4. The fourth-order valence-electron chi connectivity index (χ4n) is 1.56. The molecule has 0 bridgehead atoms. The summed E-state index contributed by atoms with van der Waals surface area (Å²) in [4.78, 5) is 22.1. The Hall–Kier alpha value is -1.64. The normalized spacial score (nSPS) is 24.3. The fourth-order valence-corrected chi connectivity index (χ4v) is 1.56. The summed E-state index contributed by atoms with van der Waals surface area (Å²) in [6.07, 6.45) is 0.427. The second-order valence-electron chi connectivity index (χ2n) is 3.50. The molecule has 1 fully saturated rings. The van der Waals surface area contributed by atoms with Crippen LogP contribution in [0.3, 0.4) is 0 Å². The molecular formula is C11H9O3-. The lowest BCUT2D eigenvalue weighted by Crippen LogP contribution is -2.26. The highest BCUT2D eigenvalue weighted by Crippen LogP contribution is 2.40. The van der Waals surface area contributed by atoms with Crippen LogP contribution in [0.1, 0.15) is 16.8 Å². The maximum absolute atomic E-state index is 11.6. The number of ketones is 1. The Morgan fingerprint density at radius 3 is 2.29 bits per heavy atom. The molecule has 0 radical (unpaired) electrons. The van der Waals surface area contributed by atoms with Crippen LogP contribution in [0.4, 0.5) is 0 Å². The molecule has 2 unspecified atom stereocenters. The van der Waals surface area contributed by atoms with Crippen molar-refractivity contribution in [1.82, 2.24) is 0 Å². The van der Waals surface area contributed by atoms with Crippen molar-refractivity contribution >= 4 is 11.8 Å². The van der Waals surface area contributed by atoms with E-state index in [9.17, 15) is 14.7 Å². The Labute approximate surface area is 81.4 Å². The average Bonchev–Trinajstić information content (AvgIpc) is 2.97. The van der Waals surface area contributed by atoms with E-state index in [4.69, 9.17) is 0 Å². The molecule has 2 rings (SSSR count). The lowest BCUT2D eigenvalue weighted by atomic mass is 10.1. The SMILES string of the molecule is O=C([O-])C1CC1C(=O)c1ccccc1. The molecule has 72 valence electrons. The van der Waals surface area contributed by atoms with Gasteiger partial charge in [0.25, 0.3) is 0 Å². The van der Waals surface area contributed by atoms with E-state index in [0.29, 0.717) is 12.0 Å². The van der Waals surface area contributed by atoms with Crippen LogP contribution in [0.25, 0.3) is 0 Å². The molecule has 1 aliphatic carbocycles. The number of Topliss-reactive ketones (excluding diaryl/α,β-unsaturated/α-hetero) is 1. The number of aliphatic carboxylic acids is 1. The van der Waals surface area contributed by atoms with Gasteiger partial charge in [-0.15, -0.1) is 0 Å². The van der Waals surface area contributed by atoms with Crippen LogP contribution in [0, 0.1) is 11.8 Å². The number of carboxylic acid groups (broad SMARTS) is 1. The number of rotatable bonds is 3. The first-order valence-corrected chi connectivity index (χ1v) is 4.50. The number of hydrogen-bond donors (Lipinski definition) is 0. The smallest absolute Gasteiger partial charge is 0.166 e. The first kappa shape index (κ1) is 8.94. The molecule has 2 atom stereocenters. The molecule has 0 N–H and O–H groups in total. The predicted molar refractivity (Wildman–Crippen MR) is 47.4 cm³/mol. The van der Waals surface area contributed by atoms with E-state index in [1.165, 1.54) is 0 Å². The van der Waals surface area contributed by atoms with Crippen molar-refractivity contribution in [2.24, 2.45) is 11.8 Å². The number of carbonyl (C=O) groups is 2. The molecule has 1 aromatic carbocycles. The maximum Gasteiger partial charge on any atom is 0.166 e. The Bertz CT molecular complexity index is 369. The van der Waals surface area contributed by atoms with Gasteiger partial charge < -0.3 is 9.90 Å². The third kappa shape index (κ3) is 1.53. The first-order valence-electron chi connectivity index (χ1n) is 4.50. The van der Waals surface area contributed by atoms with Gasteiger partial charge in [0.2, 0.25) is 0 Å². The Morgan fingerprint density at radius 2 is 1.79 bits per heavy atom. The number of carbonyl (C=O) groups excluding carboxylic acids is 2. The fraction of sp³-hybridized carbons (Fsp3) is 0.273. The second-order valence-corrected chi connectivity index (χ2v) is 3.50. The highest BCUT2D eigenvalue weighted by atomic mass is 16.4. The highest BCUT2D eigenvalue weighted by Gasteiger charge is 2.43. The molecule has 0 spiro atoms. The summed E-state index contributed by atoms with van der Waals surface area (Å²) in [5.41, 5.74) is 0.584. The van der Waals surface area contributed by atoms with Crippen LogP contribution in [0.15, 0.2) is 30.3 Å². The minimum Gasteiger partial charge on any atom is -0.550 e. The summed E-state index contributed by atoms with van der Waals surface area (Å²) >= 11 is 0. The van der Waals surface area contributed by atoms with Crippen molar-refractivity contribution in [3.05, 3.63) is 35.9 Å². The van der Waals surface area contributed by atoms with Gasteiger partial charge in [-0.1, -0.05) is 30.3 Å². The van der Waals surface area contributed by atoms with Crippen LogP contribution < -0.4 is 5.11 Å². The van der Waals surface area contributed by atoms with Gasteiger partial charge in [-0.05, 0) is 6.42 Å². The van der Waals surface area contributed by atoms with E-state index in [1.54, 1.807) is 24.3 Å². The summed E-state index contributed by atoms with van der Waals surface area (Å²) < 4.78 is 0.